The Balaban J connectivity index is 1.59. The lowest BCUT2D eigenvalue weighted by molar-refractivity contribution is -0.138. The number of hydrogen-bond donors (Lipinski definition) is 1. The number of aryl methyl sites for hydroxylation is 3. The van der Waals surface area contributed by atoms with Crippen LogP contribution in [0.15, 0.2) is 39.7 Å². The molecule has 7 nitrogen and oxygen atoms in total. The van der Waals surface area contributed by atoms with Crippen LogP contribution in [-0.2, 0) is 40.7 Å². The second-order valence-corrected chi connectivity index (χ2v) is 11.5. The van der Waals surface area contributed by atoms with Crippen LogP contribution in [0, 0.1) is 5.92 Å². The summed E-state index contributed by atoms with van der Waals surface area (Å²) in [6.07, 6.45) is 8.55. The van der Waals surface area contributed by atoms with E-state index in [1.54, 1.807) is 31.9 Å². The molecule has 2 aromatic rings. The van der Waals surface area contributed by atoms with Crippen molar-refractivity contribution in [3.05, 3.63) is 67.5 Å². The molecule has 1 aliphatic carbocycles. The highest BCUT2D eigenvalue weighted by Gasteiger charge is 2.40. The third-order valence-corrected chi connectivity index (χ3v) is 8.88. The minimum atomic E-state index is -0.179. The molecular formula is C30H42BrN3O4. The molecule has 1 saturated carbocycles. The van der Waals surface area contributed by atoms with Gasteiger partial charge < -0.3 is 24.3 Å². The zero-order valence-corrected chi connectivity index (χ0v) is 24.6. The van der Waals surface area contributed by atoms with Crippen molar-refractivity contribution in [2.45, 2.75) is 63.5 Å². The molecule has 208 valence electrons. The van der Waals surface area contributed by atoms with Gasteiger partial charge in [-0.05, 0) is 85.7 Å². The Hall–Kier alpha value is -2.00. The van der Waals surface area contributed by atoms with Gasteiger partial charge in [0.2, 0.25) is 5.91 Å². The van der Waals surface area contributed by atoms with Gasteiger partial charge in [-0.25, -0.2) is 0 Å². The SMILES string of the molecule is COCCCc1cc(CCCOC)c(Br)c(CN(C(=O)C2CNCC[C@@H]2c2ccn(C)c(=O)c2)C2CC2)c1. The average molecular weight is 589 g/mol. The molecule has 1 amide bonds. The molecule has 1 aromatic carbocycles. The first-order chi connectivity index (χ1) is 18.4. The third-order valence-electron chi connectivity index (χ3n) is 7.86. The highest BCUT2D eigenvalue weighted by atomic mass is 79.9. The molecule has 2 fully saturated rings. The third kappa shape index (κ3) is 7.34. The van der Waals surface area contributed by atoms with Gasteiger partial charge in [-0.1, -0.05) is 28.1 Å². The topological polar surface area (TPSA) is 72.8 Å². The number of pyridine rings is 1. The van der Waals surface area contributed by atoms with Crippen LogP contribution in [0.1, 0.15) is 60.3 Å². The van der Waals surface area contributed by atoms with Gasteiger partial charge in [0.15, 0.2) is 0 Å². The molecule has 1 N–H and O–H groups in total. The number of aromatic nitrogens is 1. The molecule has 4 rings (SSSR count). The van der Waals surface area contributed by atoms with Crippen molar-refractivity contribution in [2.24, 2.45) is 13.0 Å². The van der Waals surface area contributed by atoms with Crippen molar-refractivity contribution < 1.29 is 14.3 Å². The van der Waals surface area contributed by atoms with Gasteiger partial charge >= 0.3 is 0 Å². The zero-order valence-electron chi connectivity index (χ0n) is 23.0. The van der Waals surface area contributed by atoms with E-state index in [-0.39, 0.29) is 29.3 Å². The second-order valence-electron chi connectivity index (χ2n) is 10.7. The Bertz CT molecular complexity index is 1150. The fraction of sp³-hybridized carbons (Fsp3) is 0.600. The van der Waals surface area contributed by atoms with E-state index in [0.29, 0.717) is 13.1 Å². The quantitative estimate of drug-likeness (QED) is 0.356. The maximum absolute atomic E-state index is 14.2. The summed E-state index contributed by atoms with van der Waals surface area (Å²) in [6.45, 7) is 3.55. The Morgan fingerprint density at radius 2 is 1.79 bits per heavy atom. The zero-order chi connectivity index (χ0) is 27.1. The molecule has 8 heteroatoms. The smallest absolute Gasteiger partial charge is 0.250 e. The maximum Gasteiger partial charge on any atom is 0.250 e. The van der Waals surface area contributed by atoms with Crippen molar-refractivity contribution >= 4 is 21.8 Å². The first kappa shape index (κ1) is 29.0. The predicted octanol–water partition coefficient (Wildman–Crippen LogP) is 4.19. The summed E-state index contributed by atoms with van der Waals surface area (Å²) in [7, 11) is 5.24. The Morgan fingerprint density at radius 1 is 1.08 bits per heavy atom. The minimum absolute atomic E-state index is 0.0264. The maximum atomic E-state index is 14.2. The fourth-order valence-electron chi connectivity index (χ4n) is 5.57. The molecule has 1 saturated heterocycles. The fourth-order valence-corrected chi connectivity index (χ4v) is 6.12. The van der Waals surface area contributed by atoms with Gasteiger partial charge in [-0.15, -0.1) is 0 Å². The molecule has 0 radical (unpaired) electrons. The lowest BCUT2D eigenvalue weighted by atomic mass is 9.80. The average Bonchev–Trinajstić information content (AvgIpc) is 3.76. The van der Waals surface area contributed by atoms with Crippen molar-refractivity contribution in [2.75, 3.05) is 40.5 Å². The number of benzene rings is 1. The van der Waals surface area contributed by atoms with E-state index < -0.39 is 0 Å². The summed E-state index contributed by atoms with van der Waals surface area (Å²) in [5.41, 5.74) is 4.68. The standard InChI is InChI=1S/C30H42BrN3O4/c1-33-13-11-22(18-28(33)35)26-10-12-32-19-27(26)30(36)34(25-8-9-25)20-24-17-21(6-4-14-37-2)16-23(29(24)31)7-5-15-38-3/h11,13,16-18,25-27,32H,4-10,12,14-15,19-20H2,1-3H3/t26-,27?/m1/s1. The number of methoxy groups -OCH3 is 2. The lowest BCUT2D eigenvalue weighted by Crippen LogP contribution is -2.47. The highest BCUT2D eigenvalue weighted by Crippen LogP contribution is 2.37. The van der Waals surface area contributed by atoms with Crippen LogP contribution in [0.5, 0.6) is 0 Å². The number of piperidine rings is 1. The largest absolute Gasteiger partial charge is 0.385 e. The van der Waals surface area contributed by atoms with Gasteiger partial charge in [0.1, 0.15) is 0 Å². The molecule has 2 atom stereocenters. The monoisotopic (exact) mass is 587 g/mol. The minimum Gasteiger partial charge on any atom is -0.385 e. The summed E-state index contributed by atoms with van der Waals surface area (Å²) in [4.78, 5) is 28.7. The number of nitrogens with zero attached hydrogens (tertiary/aromatic N) is 2. The Kier molecular flexibility index (Phi) is 10.6. The number of carbonyl (C=O) groups excluding carboxylic acids is 1. The number of rotatable bonds is 13. The van der Waals surface area contributed by atoms with Crippen molar-refractivity contribution in [3.63, 3.8) is 0 Å². The van der Waals surface area contributed by atoms with Crippen LogP contribution in [-0.4, -0.2) is 61.9 Å². The van der Waals surface area contributed by atoms with Gasteiger partial charge in [-0.2, -0.15) is 0 Å². The number of hydrogen-bond acceptors (Lipinski definition) is 5. The molecule has 1 unspecified atom stereocenters. The van der Waals surface area contributed by atoms with Gasteiger partial charge in [0.25, 0.3) is 5.56 Å². The number of amides is 1. The van der Waals surface area contributed by atoms with Crippen LogP contribution in [0.25, 0.3) is 0 Å². The van der Waals surface area contributed by atoms with E-state index in [1.165, 1.54) is 16.7 Å². The summed E-state index contributed by atoms with van der Waals surface area (Å²) in [5, 5.41) is 3.44. The molecule has 1 aliphatic heterocycles. The van der Waals surface area contributed by atoms with Crippen molar-refractivity contribution in [1.82, 2.24) is 14.8 Å². The van der Waals surface area contributed by atoms with E-state index in [9.17, 15) is 9.59 Å². The Morgan fingerprint density at radius 3 is 2.47 bits per heavy atom. The molecule has 38 heavy (non-hydrogen) atoms. The second kappa shape index (κ2) is 13.9. The highest BCUT2D eigenvalue weighted by molar-refractivity contribution is 9.10. The first-order valence-corrected chi connectivity index (χ1v) is 14.7. The van der Waals surface area contributed by atoms with E-state index in [4.69, 9.17) is 9.47 Å². The van der Waals surface area contributed by atoms with E-state index in [0.717, 1.165) is 74.7 Å². The summed E-state index contributed by atoms with van der Waals surface area (Å²) < 4.78 is 13.3. The molecule has 0 bridgehead atoms. The first-order valence-electron chi connectivity index (χ1n) is 13.9. The van der Waals surface area contributed by atoms with E-state index in [2.05, 4.69) is 38.3 Å². The summed E-state index contributed by atoms with van der Waals surface area (Å²) in [5.74, 6) is 0.0663. The molecule has 0 spiro atoms. The summed E-state index contributed by atoms with van der Waals surface area (Å²) in [6, 6.07) is 8.56. The predicted molar refractivity (Wildman–Crippen MR) is 154 cm³/mol. The number of ether oxygens (including phenoxy) is 2. The van der Waals surface area contributed by atoms with E-state index in [1.807, 2.05) is 12.3 Å². The van der Waals surface area contributed by atoms with Gasteiger partial charge in [0.05, 0.1) is 5.92 Å². The number of halogens is 1. The molecule has 2 aliphatic rings. The summed E-state index contributed by atoms with van der Waals surface area (Å²) >= 11 is 3.90. The van der Waals surface area contributed by atoms with Crippen LogP contribution in [0.2, 0.25) is 0 Å². The van der Waals surface area contributed by atoms with Crippen molar-refractivity contribution in [1.29, 1.82) is 0 Å². The molecule has 2 heterocycles. The number of nitrogens with one attached hydrogen (secondary N) is 1. The number of carbonyl (C=O) groups is 1. The molecule has 1 aromatic heterocycles. The van der Waals surface area contributed by atoms with Crippen LogP contribution in [0.3, 0.4) is 0 Å². The van der Waals surface area contributed by atoms with Crippen LogP contribution >= 0.6 is 15.9 Å². The van der Waals surface area contributed by atoms with Crippen molar-refractivity contribution in [3.8, 4) is 0 Å². The Labute approximate surface area is 235 Å². The normalized spacial score (nSPS) is 19.5. The van der Waals surface area contributed by atoms with Crippen LogP contribution < -0.4 is 10.9 Å². The van der Waals surface area contributed by atoms with Gasteiger partial charge in [0, 0.05) is 70.3 Å². The van der Waals surface area contributed by atoms with Crippen LogP contribution in [0.4, 0.5) is 0 Å². The van der Waals surface area contributed by atoms with Gasteiger partial charge in [-0.3, -0.25) is 9.59 Å². The van der Waals surface area contributed by atoms with E-state index >= 15 is 0 Å². The molecular weight excluding hydrogens is 546 g/mol. The lowest BCUT2D eigenvalue weighted by Gasteiger charge is -2.36.